The fourth-order valence-corrected chi connectivity index (χ4v) is 3.77. The molecule has 4 unspecified atom stereocenters. The maximum Gasteiger partial charge on any atom is -0.0101 e. The van der Waals surface area contributed by atoms with Gasteiger partial charge in [0.15, 0.2) is 0 Å². The summed E-state index contributed by atoms with van der Waals surface area (Å²) < 4.78 is 0. The molecule has 0 N–H and O–H groups in total. The Balaban J connectivity index is 1.93. The Kier molecular flexibility index (Phi) is 1.51. The molecule has 0 heterocycles. The first-order valence-electron chi connectivity index (χ1n) is 5.65. The van der Waals surface area contributed by atoms with Gasteiger partial charge in [0.1, 0.15) is 0 Å². The highest BCUT2D eigenvalue weighted by molar-refractivity contribution is 5.29. The molecular formula is C13H18. The number of hydrogen-bond acceptors (Lipinski definition) is 0. The van der Waals surface area contributed by atoms with Gasteiger partial charge in [0.2, 0.25) is 0 Å². The lowest BCUT2D eigenvalue weighted by molar-refractivity contribution is 0.369. The van der Waals surface area contributed by atoms with Gasteiger partial charge in [0.25, 0.3) is 0 Å². The SMILES string of the molecule is CC(C)C1=CCC2C3C=CC(C3)C12. The third-order valence-corrected chi connectivity index (χ3v) is 4.30. The van der Waals surface area contributed by atoms with Gasteiger partial charge in [-0.2, -0.15) is 0 Å². The zero-order valence-corrected chi connectivity index (χ0v) is 8.53. The van der Waals surface area contributed by atoms with E-state index in [1.807, 2.05) is 0 Å². The predicted octanol–water partition coefficient (Wildman–Crippen LogP) is 3.41. The Morgan fingerprint density at radius 1 is 1.23 bits per heavy atom. The summed E-state index contributed by atoms with van der Waals surface area (Å²) in [6.07, 6.45) is 10.3. The van der Waals surface area contributed by atoms with Gasteiger partial charge in [-0.3, -0.25) is 0 Å². The maximum absolute atomic E-state index is 2.53. The molecule has 0 aliphatic heterocycles. The van der Waals surface area contributed by atoms with Crippen molar-refractivity contribution in [2.45, 2.75) is 26.7 Å². The molecule has 0 spiro atoms. The van der Waals surface area contributed by atoms with Gasteiger partial charge < -0.3 is 0 Å². The van der Waals surface area contributed by atoms with E-state index in [1.54, 1.807) is 5.57 Å². The van der Waals surface area contributed by atoms with Gasteiger partial charge in [0, 0.05) is 0 Å². The van der Waals surface area contributed by atoms with Gasteiger partial charge in [-0.1, -0.05) is 37.6 Å². The van der Waals surface area contributed by atoms with E-state index in [0.717, 1.165) is 29.6 Å². The summed E-state index contributed by atoms with van der Waals surface area (Å²) >= 11 is 0. The molecule has 2 bridgehead atoms. The van der Waals surface area contributed by atoms with Crippen molar-refractivity contribution in [1.29, 1.82) is 0 Å². The molecule has 70 valence electrons. The van der Waals surface area contributed by atoms with E-state index in [4.69, 9.17) is 0 Å². The highest BCUT2D eigenvalue weighted by Crippen LogP contribution is 2.56. The second kappa shape index (κ2) is 2.50. The molecule has 0 aromatic heterocycles. The Labute approximate surface area is 80.7 Å². The second-order valence-electron chi connectivity index (χ2n) is 5.23. The molecule has 0 heteroatoms. The second-order valence-corrected chi connectivity index (χ2v) is 5.23. The standard InChI is InChI=1S/C13H18/c1-8(2)11-5-6-12-9-3-4-10(7-9)13(11)12/h3-5,8-10,12-13H,6-7H2,1-2H3. The van der Waals surface area contributed by atoms with Crippen LogP contribution in [0.4, 0.5) is 0 Å². The highest BCUT2D eigenvalue weighted by atomic mass is 14.5. The smallest absolute Gasteiger partial charge is 0.0101 e. The van der Waals surface area contributed by atoms with Crippen molar-refractivity contribution < 1.29 is 0 Å². The van der Waals surface area contributed by atoms with Gasteiger partial charge in [-0.25, -0.2) is 0 Å². The lowest BCUT2D eigenvalue weighted by Gasteiger charge is -2.25. The highest BCUT2D eigenvalue weighted by Gasteiger charge is 2.47. The minimum Gasteiger partial charge on any atom is -0.0848 e. The lowest BCUT2D eigenvalue weighted by Crippen LogP contribution is -2.18. The molecule has 0 aromatic rings. The van der Waals surface area contributed by atoms with E-state index in [-0.39, 0.29) is 0 Å². The van der Waals surface area contributed by atoms with Gasteiger partial charge >= 0.3 is 0 Å². The molecule has 4 atom stereocenters. The number of allylic oxidation sites excluding steroid dienone is 4. The molecule has 0 nitrogen and oxygen atoms in total. The molecule has 0 amide bonds. The zero-order valence-electron chi connectivity index (χ0n) is 8.53. The van der Waals surface area contributed by atoms with E-state index in [9.17, 15) is 0 Å². The molecule has 1 saturated carbocycles. The fraction of sp³-hybridized carbons (Fsp3) is 0.692. The Morgan fingerprint density at radius 3 is 2.77 bits per heavy atom. The number of fused-ring (bicyclic) bond motifs is 5. The largest absolute Gasteiger partial charge is 0.0848 e. The fourth-order valence-electron chi connectivity index (χ4n) is 3.77. The van der Waals surface area contributed by atoms with Gasteiger partial charge in [-0.15, -0.1) is 0 Å². The first-order valence-corrected chi connectivity index (χ1v) is 5.65. The first-order chi connectivity index (χ1) is 6.27. The summed E-state index contributed by atoms with van der Waals surface area (Å²) in [5.41, 5.74) is 1.77. The monoisotopic (exact) mass is 174 g/mol. The van der Waals surface area contributed by atoms with Crippen molar-refractivity contribution in [3.8, 4) is 0 Å². The van der Waals surface area contributed by atoms with Crippen LogP contribution >= 0.6 is 0 Å². The van der Waals surface area contributed by atoms with Crippen LogP contribution in [0.2, 0.25) is 0 Å². The Hall–Kier alpha value is -0.520. The van der Waals surface area contributed by atoms with E-state index in [2.05, 4.69) is 32.1 Å². The molecule has 0 saturated heterocycles. The summed E-state index contributed by atoms with van der Waals surface area (Å²) in [5.74, 6) is 4.55. The van der Waals surface area contributed by atoms with Crippen LogP contribution in [0.1, 0.15) is 26.7 Å². The van der Waals surface area contributed by atoms with Crippen LogP contribution in [-0.2, 0) is 0 Å². The van der Waals surface area contributed by atoms with Crippen LogP contribution in [0.5, 0.6) is 0 Å². The van der Waals surface area contributed by atoms with Crippen LogP contribution in [-0.4, -0.2) is 0 Å². The first kappa shape index (κ1) is 7.84. The minimum atomic E-state index is 0.780. The third-order valence-electron chi connectivity index (χ3n) is 4.30. The Bertz CT molecular complexity index is 282. The Morgan fingerprint density at radius 2 is 2.00 bits per heavy atom. The maximum atomic E-state index is 2.53. The molecule has 0 aromatic carbocycles. The van der Waals surface area contributed by atoms with Crippen LogP contribution in [0.3, 0.4) is 0 Å². The van der Waals surface area contributed by atoms with Crippen molar-refractivity contribution in [2.24, 2.45) is 29.6 Å². The van der Waals surface area contributed by atoms with Gasteiger partial charge in [-0.05, 0) is 42.4 Å². The summed E-state index contributed by atoms with van der Waals surface area (Å²) in [5, 5.41) is 0. The van der Waals surface area contributed by atoms with Crippen LogP contribution in [0.15, 0.2) is 23.8 Å². The van der Waals surface area contributed by atoms with E-state index in [1.165, 1.54) is 12.8 Å². The molecule has 13 heavy (non-hydrogen) atoms. The zero-order chi connectivity index (χ0) is 9.00. The number of hydrogen-bond donors (Lipinski definition) is 0. The average molecular weight is 174 g/mol. The molecular weight excluding hydrogens is 156 g/mol. The van der Waals surface area contributed by atoms with Crippen LogP contribution in [0, 0.1) is 29.6 Å². The average Bonchev–Trinajstić information content (AvgIpc) is 2.76. The van der Waals surface area contributed by atoms with Crippen molar-refractivity contribution in [3.63, 3.8) is 0 Å². The minimum absolute atomic E-state index is 0.780. The molecule has 3 aliphatic rings. The van der Waals surface area contributed by atoms with E-state index in [0.29, 0.717) is 0 Å². The topological polar surface area (TPSA) is 0 Å². The lowest BCUT2D eigenvalue weighted by atomic mass is 9.79. The van der Waals surface area contributed by atoms with Crippen LogP contribution in [0.25, 0.3) is 0 Å². The van der Waals surface area contributed by atoms with Crippen LogP contribution < -0.4 is 0 Å². The quantitative estimate of drug-likeness (QED) is 0.534. The molecule has 0 radical (unpaired) electrons. The summed E-state index contributed by atoms with van der Waals surface area (Å²) in [6.45, 7) is 4.70. The normalized spacial score (nSPS) is 45.9. The van der Waals surface area contributed by atoms with Crippen molar-refractivity contribution >= 4 is 0 Å². The molecule has 3 rings (SSSR count). The predicted molar refractivity (Wildman–Crippen MR) is 55.3 cm³/mol. The van der Waals surface area contributed by atoms with Crippen molar-refractivity contribution in [2.75, 3.05) is 0 Å². The van der Waals surface area contributed by atoms with Crippen molar-refractivity contribution in [1.82, 2.24) is 0 Å². The third kappa shape index (κ3) is 0.920. The summed E-state index contributed by atoms with van der Waals surface area (Å²) in [6, 6.07) is 0. The van der Waals surface area contributed by atoms with Gasteiger partial charge in [0.05, 0.1) is 0 Å². The van der Waals surface area contributed by atoms with E-state index < -0.39 is 0 Å². The number of rotatable bonds is 1. The molecule has 1 fully saturated rings. The van der Waals surface area contributed by atoms with E-state index >= 15 is 0 Å². The summed E-state index contributed by atoms with van der Waals surface area (Å²) in [4.78, 5) is 0. The molecule has 3 aliphatic carbocycles. The van der Waals surface area contributed by atoms with Crippen molar-refractivity contribution in [3.05, 3.63) is 23.8 Å². The summed E-state index contributed by atoms with van der Waals surface area (Å²) in [7, 11) is 0.